The van der Waals surface area contributed by atoms with Gasteiger partial charge in [0.05, 0.1) is 22.6 Å². The zero-order valence-corrected chi connectivity index (χ0v) is 30.7. The van der Waals surface area contributed by atoms with Crippen molar-refractivity contribution >= 4 is 28.8 Å². The fourth-order valence-corrected chi connectivity index (χ4v) is 5.34. The summed E-state index contributed by atoms with van der Waals surface area (Å²) in [6.07, 6.45) is 20.2. The van der Waals surface area contributed by atoms with Crippen LogP contribution in [0.5, 0.6) is 0 Å². The number of allylic oxidation sites excluding steroid dienone is 1. The van der Waals surface area contributed by atoms with E-state index in [1.54, 1.807) is 18.5 Å². The third-order valence-electron chi connectivity index (χ3n) is 7.62. The molecular weight excluding hydrogens is 574 g/mol. The van der Waals surface area contributed by atoms with Crippen molar-refractivity contribution in [3.8, 4) is 0 Å². The largest absolute Gasteiger partial charge is 0.323 e. The zero-order valence-electron chi connectivity index (χ0n) is 29.9. The maximum Gasteiger partial charge on any atom is 0.227 e. The van der Waals surface area contributed by atoms with Gasteiger partial charge in [-0.15, -0.1) is 0 Å². The van der Waals surface area contributed by atoms with Crippen molar-refractivity contribution in [1.82, 2.24) is 19.9 Å². The lowest BCUT2D eigenvalue weighted by molar-refractivity contribution is 0.326. The molecule has 1 N–H and O–H groups in total. The van der Waals surface area contributed by atoms with Gasteiger partial charge >= 0.3 is 0 Å². The second-order valence-corrected chi connectivity index (χ2v) is 12.4. The predicted octanol–water partition coefficient (Wildman–Crippen LogP) is 11.7. The second-order valence-electron chi connectivity index (χ2n) is 12.0. The first-order chi connectivity index (χ1) is 21.7. The van der Waals surface area contributed by atoms with Gasteiger partial charge < -0.3 is 10.2 Å². The molecule has 0 amide bonds. The van der Waals surface area contributed by atoms with Gasteiger partial charge in [0, 0.05) is 18.0 Å². The van der Waals surface area contributed by atoms with Crippen LogP contribution in [0.2, 0.25) is 5.02 Å². The fraction of sp³-hybridized carbons (Fsp3) is 0.564. The highest BCUT2D eigenvalue weighted by atomic mass is 35.5. The smallest absolute Gasteiger partial charge is 0.227 e. The number of nitrogens with one attached hydrogen (secondary N) is 1. The number of nitrogens with zero attached hydrogens (tertiary/aromatic N) is 4. The van der Waals surface area contributed by atoms with E-state index in [0.717, 1.165) is 41.3 Å². The highest BCUT2D eigenvalue weighted by Gasteiger charge is 2.11. The van der Waals surface area contributed by atoms with E-state index in [1.807, 2.05) is 13.1 Å². The number of anilines is 2. The van der Waals surface area contributed by atoms with E-state index in [2.05, 4.69) is 111 Å². The van der Waals surface area contributed by atoms with Crippen molar-refractivity contribution in [3.63, 3.8) is 0 Å². The molecule has 0 saturated heterocycles. The van der Waals surface area contributed by atoms with Crippen LogP contribution in [0, 0.1) is 12.8 Å². The summed E-state index contributed by atoms with van der Waals surface area (Å²) in [4.78, 5) is 15.6. The lowest BCUT2D eigenvalue weighted by atomic mass is 9.96. The van der Waals surface area contributed by atoms with Gasteiger partial charge in [-0.05, 0) is 81.4 Å². The van der Waals surface area contributed by atoms with E-state index < -0.39 is 0 Å². The van der Waals surface area contributed by atoms with Crippen LogP contribution >= 0.6 is 11.6 Å². The summed E-state index contributed by atoms with van der Waals surface area (Å²) in [6, 6.07) is 10.5. The Bertz CT molecular complexity index is 1200. The molecule has 0 bridgehead atoms. The molecule has 2 aromatic heterocycles. The maximum absolute atomic E-state index is 5.98. The Labute approximate surface area is 281 Å². The predicted molar refractivity (Wildman–Crippen MR) is 199 cm³/mol. The Morgan fingerprint density at radius 3 is 2.11 bits per heavy atom. The third-order valence-corrected chi connectivity index (χ3v) is 7.83. The van der Waals surface area contributed by atoms with Crippen LogP contribution in [0.25, 0.3) is 5.57 Å². The van der Waals surface area contributed by atoms with E-state index in [-0.39, 0.29) is 0 Å². The van der Waals surface area contributed by atoms with E-state index in [4.69, 9.17) is 11.6 Å². The first-order valence-electron chi connectivity index (χ1n) is 17.4. The average Bonchev–Trinajstić information content (AvgIpc) is 3.02. The quantitative estimate of drug-likeness (QED) is 0.159. The van der Waals surface area contributed by atoms with Crippen LogP contribution in [0.3, 0.4) is 0 Å². The molecule has 0 saturated carbocycles. The molecule has 2 heterocycles. The average molecular weight is 636 g/mol. The Morgan fingerprint density at radius 2 is 1.58 bits per heavy atom. The molecule has 3 rings (SSSR count). The molecule has 0 aliphatic carbocycles. The van der Waals surface area contributed by atoms with Crippen LogP contribution < -0.4 is 5.32 Å². The minimum absolute atomic E-state index is 0.525. The van der Waals surface area contributed by atoms with Gasteiger partial charge in [-0.3, -0.25) is 4.98 Å². The molecule has 6 heteroatoms. The first kappa shape index (κ1) is 40.3. The Hall–Kier alpha value is -2.76. The molecule has 0 aliphatic rings. The van der Waals surface area contributed by atoms with Crippen molar-refractivity contribution in [1.29, 1.82) is 0 Å². The number of benzene rings is 1. The van der Waals surface area contributed by atoms with Gasteiger partial charge in [-0.25, -0.2) is 9.97 Å². The van der Waals surface area contributed by atoms with Crippen molar-refractivity contribution in [2.75, 3.05) is 25.5 Å². The number of hydrogen-bond donors (Lipinski definition) is 1. The van der Waals surface area contributed by atoms with E-state index in [1.165, 1.54) is 75.6 Å². The van der Waals surface area contributed by atoms with Gasteiger partial charge in [-0.1, -0.05) is 129 Å². The van der Waals surface area contributed by atoms with Crippen molar-refractivity contribution in [3.05, 3.63) is 82.4 Å². The van der Waals surface area contributed by atoms with Crippen LogP contribution in [-0.2, 0) is 6.42 Å². The Kier molecular flexibility index (Phi) is 21.9. The summed E-state index contributed by atoms with van der Waals surface area (Å²) in [5.41, 5.74) is 6.39. The molecule has 0 fully saturated rings. The second kappa shape index (κ2) is 24.5. The van der Waals surface area contributed by atoms with E-state index in [0.29, 0.717) is 11.0 Å². The molecule has 0 spiro atoms. The number of pyridine rings is 1. The molecule has 3 aromatic rings. The van der Waals surface area contributed by atoms with Gasteiger partial charge in [0.1, 0.15) is 0 Å². The summed E-state index contributed by atoms with van der Waals surface area (Å²) in [5, 5.41) is 3.72. The van der Waals surface area contributed by atoms with Crippen LogP contribution in [0.4, 0.5) is 11.6 Å². The Morgan fingerprint density at radius 1 is 0.889 bits per heavy atom. The van der Waals surface area contributed by atoms with Gasteiger partial charge in [0.25, 0.3) is 0 Å². The zero-order chi connectivity index (χ0) is 33.5. The van der Waals surface area contributed by atoms with Gasteiger partial charge in [0.2, 0.25) is 5.95 Å². The van der Waals surface area contributed by atoms with Gasteiger partial charge in [-0.2, -0.15) is 0 Å². The Balaban J connectivity index is 0.000000463. The molecule has 1 aromatic carbocycles. The highest BCUT2D eigenvalue weighted by molar-refractivity contribution is 6.30. The summed E-state index contributed by atoms with van der Waals surface area (Å²) >= 11 is 5.98. The summed E-state index contributed by atoms with van der Waals surface area (Å²) in [5.74, 6) is 1.49. The standard InChI is InChI=1S/C22H23ClN4.C9H21N.C8H18/c1-4-6-20(17-9-7-16(5-2)8-10-17)21-14-25-22(26-15(21)3)27-19-11-18(23)12-24-13-19;1-4-6-7-9-10(3)8-5-2;1-4-6-8(3)7-5-2/h6-14H,4-5H2,1-3H3,(H,25,26,27);4-9H2,1-3H3;8H,4-7H2,1-3H3/b20-6-;;. The van der Waals surface area contributed by atoms with Crippen LogP contribution in [0.15, 0.2) is 55.0 Å². The normalized spacial score (nSPS) is 11.2. The maximum atomic E-state index is 5.98. The van der Waals surface area contributed by atoms with E-state index in [9.17, 15) is 0 Å². The van der Waals surface area contributed by atoms with Crippen LogP contribution in [0.1, 0.15) is 129 Å². The third kappa shape index (κ3) is 16.9. The highest BCUT2D eigenvalue weighted by Crippen LogP contribution is 2.27. The molecule has 0 radical (unpaired) electrons. The SMILES string of the molecule is CC/C=C(/c1ccc(CC)cc1)c1cnc(Nc2cncc(Cl)c2)nc1C.CCCC(C)CCC.CCCCCN(C)CCC. The molecule has 45 heavy (non-hydrogen) atoms. The van der Waals surface area contributed by atoms with Gasteiger partial charge in [0.15, 0.2) is 0 Å². The molecular formula is C39H62ClN5. The number of unbranched alkanes of at least 4 members (excludes halogenated alkanes) is 2. The van der Waals surface area contributed by atoms with Crippen LogP contribution in [-0.4, -0.2) is 40.0 Å². The van der Waals surface area contributed by atoms with Crippen molar-refractivity contribution in [2.45, 2.75) is 120 Å². The minimum atomic E-state index is 0.525. The number of hydrogen-bond acceptors (Lipinski definition) is 5. The van der Waals surface area contributed by atoms with E-state index >= 15 is 0 Å². The molecule has 0 atom stereocenters. The molecule has 0 unspecified atom stereocenters. The lowest BCUT2D eigenvalue weighted by Crippen LogP contribution is -2.20. The summed E-state index contributed by atoms with van der Waals surface area (Å²) in [7, 11) is 2.21. The summed E-state index contributed by atoms with van der Waals surface area (Å²) in [6.45, 7) is 20.2. The minimum Gasteiger partial charge on any atom is -0.323 e. The first-order valence-corrected chi connectivity index (χ1v) is 17.8. The number of aryl methyl sites for hydroxylation is 2. The van der Waals surface area contributed by atoms with Crippen molar-refractivity contribution in [2.24, 2.45) is 5.92 Å². The summed E-state index contributed by atoms with van der Waals surface area (Å²) < 4.78 is 0. The molecule has 5 nitrogen and oxygen atoms in total. The number of rotatable bonds is 16. The van der Waals surface area contributed by atoms with Crippen molar-refractivity contribution < 1.29 is 0 Å². The number of aromatic nitrogens is 3. The molecule has 0 aliphatic heterocycles. The topological polar surface area (TPSA) is 53.9 Å². The number of halogens is 1. The monoisotopic (exact) mass is 635 g/mol. The fourth-order valence-electron chi connectivity index (χ4n) is 5.16. The molecule has 250 valence electrons. The lowest BCUT2D eigenvalue weighted by Gasteiger charge is -2.14.